The van der Waals surface area contributed by atoms with Crippen LogP contribution in [0.25, 0.3) is 10.2 Å². The van der Waals surface area contributed by atoms with E-state index in [1.165, 1.54) is 24.3 Å². The number of hydrogen-bond donors (Lipinski definition) is 0. The molecule has 0 saturated carbocycles. The van der Waals surface area contributed by atoms with Crippen LogP contribution < -0.4 is 4.87 Å². The van der Waals surface area contributed by atoms with E-state index in [0.29, 0.717) is 5.52 Å². The van der Waals surface area contributed by atoms with Gasteiger partial charge in [0.2, 0.25) is 0 Å². The van der Waals surface area contributed by atoms with Crippen LogP contribution in [0.3, 0.4) is 0 Å². The molecule has 3 rings (SSSR count). The Bertz CT molecular complexity index is 817. The number of hydrogen-bond acceptors (Lipinski definition) is 3. The van der Waals surface area contributed by atoms with Gasteiger partial charge in [-0.2, -0.15) is 0 Å². The SMILES string of the molecule is O=C(c1ccc(F)cc1)n1c(=O)sc2ccccc21. The van der Waals surface area contributed by atoms with Crippen LogP contribution in [0.1, 0.15) is 10.4 Å². The summed E-state index contributed by atoms with van der Waals surface area (Å²) in [5.41, 5.74) is 0.860. The van der Waals surface area contributed by atoms with Gasteiger partial charge in [-0.3, -0.25) is 9.59 Å². The van der Waals surface area contributed by atoms with E-state index in [9.17, 15) is 14.0 Å². The standard InChI is InChI=1S/C14H8FNO2S/c15-10-7-5-9(6-8-10)13(17)16-11-3-1-2-4-12(11)19-14(16)18/h1-8H. The molecule has 3 aromatic rings. The number of nitrogens with zero attached hydrogens (tertiary/aromatic N) is 1. The first-order chi connectivity index (χ1) is 9.16. The van der Waals surface area contributed by atoms with Gasteiger partial charge in [0, 0.05) is 5.56 Å². The zero-order chi connectivity index (χ0) is 13.4. The third kappa shape index (κ3) is 1.98. The highest BCUT2D eigenvalue weighted by atomic mass is 32.1. The smallest absolute Gasteiger partial charge is 0.268 e. The van der Waals surface area contributed by atoms with E-state index in [1.807, 2.05) is 6.07 Å². The number of benzene rings is 2. The number of thiazole rings is 1. The van der Waals surface area contributed by atoms with Crippen molar-refractivity contribution in [3.8, 4) is 0 Å². The van der Waals surface area contributed by atoms with E-state index in [2.05, 4.69) is 0 Å². The second kappa shape index (κ2) is 4.44. The summed E-state index contributed by atoms with van der Waals surface area (Å²) < 4.78 is 14.7. The minimum Gasteiger partial charge on any atom is -0.268 e. The molecule has 0 saturated heterocycles. The van der Waals surface area contributed by atoms with Crippen molar-refractivity contribution < 1.29 is 9.18 Å². The molecule has 0 aliphatic heterocycles. The van der Waals surface area contributed by atoms with Gasteiger partial charge < -0.3 is 0 Å². The Morgan fingerprint density at radius 2 is 1.74 bits per heavy atom. The Morgan fingerprint density at radius 1 is 1.05 bits per heavy atom. The maximum Gasteiger partial charge on any atom is 0.315 e. The monoisotopic (exact) mass is 273 g/mol. The molecule has 0 aliphatic rings. The molecular formula is C14H8FNO2S. The summed E-state index contributed by atoms with van der Waals surface area (Å²) in [6.07, 6.45) is 0. The molecule has 0 aliphatic carbocycles. The topological polar surface area (TPSA) is 39.1 Å². The van der Waals surface area contributed by atoms with Gasteiger partial charge in [0.15, 0.2) is 0 Å². The fraction of sp³-hybridized carbons (Fsp3) is 0. The zero-order valence-corrected chi connectivity index (χ0v) is 10.5. The molecule has 0 fully saturated rings. The van der Waals surface area contributed by atoms with E-state index >= 15 is 0 Å². The molecule has 19 heavy (non-hydrogen) atoms. The largest absolute Gasteiger partial charge is 0.315 e. The van der Waals surface area contributed by atoms with Crippen molar-refractivity contribution >= 4 is 27.5 Å². The normalized spacial score (nSPS) is 10.8. The first kappa shape index (κ1) is 11.8. The predicted octanol–water partition coefficient (Wildman–Crippen LogP) is 2.89. The zero-order valence-electron chi connectivity index (χ0n) is 9.67. The van der Waals surface area contributed by atoms with Crippen molar-refractivity contribution in [3.63, 3.8) is 0 Å². The van der Waals surface area contributed by atoms with E-state index in [0.717, 1.165) is 20.6 Å². The van der Waals surface area contributed by atoms with Crippen LogP contribution in [-0.4, -0.2) is 10.5 Å². The van der Waals surface area contributed by atoms with Crippen LogP contribution in [0, 0.1) is 5.82 Å². The van der Waals surface area contributed by atoms with Crippen LogP contribution >= 0.6 is 11.3 Å². The van der Waals surface area contributed by atoms with Gasteiger partial charge in [0.05, 0.1) is 10.2 Å². The summed E-state index contributed by atoms with van der Waals surface area (Å²) in [7, 11) is 0. The molecule has 0 bridgehead atoms. The van der Waals surface area contributed by atoms with Gasteiger partial charge in [-0.25, -0.2) is 8.96 Å². The summed E-state index contributed by atoms with van der Waals surface area (Å²) in [5.74, 6) is -0.860. The molecule has 0 unspecified atom stereocenters. The number of carbonyl (C=O) groups is 1. The molecular weight excluding hydrogens is 265 g/mol. The van der Waals surface area contributed by atoms with Crippen molar-refractivity contribution in [1.82, 2.24) is 4.57 Å². The fourth-order valence-electron chi connectivity index (χ4n) is 1.88. The van der Waals surface area contributed by atoms with Gasteiger partial charge >= 0.3 is 4.87 Å². The molecule has 94 valence electrons. The molecule has 1 aromatic heterocycles. The maximum absolute atomic E-state index is 12.8. The van der Waals surface area contributed by atoms with E-state index in [4.69, 9.17) is 0 Å². The second-order valence-electron chi connectivity index (χ2n) is 3.98. The lowest BCUT2D eigenvalue weighted by Gasteiger charge is -2.02. The van der Waals surface area contributed by atoms with Crippen molar-refractivity contribution in [2.45, 2.75) is 0 Å². The first-order valence-electron chi connectivity index (χ1n) is 5.58. The summed E-state index contributed by atoms with van der Waals surface area (Å²) in [4.78, 5) is 23.9. The summed E-state index contributed by atoms with van der Waals surface area (Å²) >= 11 is 1.02. The molecule has 0 N–H and O–H groups in total. The van der Waals surface area contributed by atoms with Gasteiger partial charge in [0.1, 0.15) is 5.82 Å². The van der Waals surface area contributed by atoms with Crippen molar-refractivity contribution in [2.75, 3.05) is 0 Å². The van der Waals surface area contributed by atoms with Gasteiger partial charge in [0.25, 0.3) is 5.91 Å². The van der Waals surface area contributed by atoms with Crippen molar-refractivity contribution in [3.05, 3.63) is 69.6 Å². The number of halogens is 1. The maximum atomic E-state index is 12.8. The fourth-order valence-corrected chi connectivity index (χ4v) is 2.75. The predicted molar refractivity (Wildman–Crippen MR) is 72.2 cm³/mol. The number of para-hydroxylation sites is 1. The highest BCUT2D eigenvalue weighted by Crippen LogP contribution is 2.17. The lowest BCUT2D eigenvalue weighted by Crippen LogP contribution is -2.22. The highest BCUT2D eigenvalue weighted by molar-refractivity contribution is 7.16. The first-order valence-corrected chi connectivity index (χ1v) is 6.39. The Balaban J connectivity index is 2.19. The second-order valence-corrected chi connectivity index (χ2v) is 4.98. The summed E-state index contributed by atoms with van der Waals surface area (Å²) in [6, 6.07) is 12.2. The molecule has 3 nitrogen and oxygen atoms in total. The number of aromatic nitrogens is 1. The van der Waals surface area contributed by atoms with Crippen molar-refractivity contribution in [2.24, 2.45) is 0 Å². The van der Waals surface area contributed by atoms with Crippen LogP contribution in [-0.2, 0) is 0 Å². The summed E-state index contributed by atoms with van der Waals surface area (Å²) in [5, 5.41) is 0. The molecule has 0 amide bonds. The Labute approximate surface area is 111 Å². The van der Waals surface area contributed by atoms with Crippen LogP contribution in [0.2, 0.25) is 0 Å². The molecule has 2 aromatic carbocycles. The number of fused-ring (bicyclic) bond motifs is 1. The van der Waals surface area contributed by atoms with Crippen LogP contribution in [0.5, 0.6) is 0 Å². The van der Waals surface area contributed by atoms with Gasteiger partial charge in [-0.1, -0.05) is 23.5 Å². The van der Waals surface area contributed by atoms with E-state index in [-0.39, 0.29) is 10.4 Å². The van der Waals surface area contributed by atoms with Gasteiger partial charge in [-0.05, 0) is 36.4 Å². The molecule has 1 heterocycles. The Hall–Kier alpha value is -2.27. The Kier molecular flexibility index (Phi) is 2.76. The quantitative estimate of drug-likeness (QED) is 0.684. The van der Waals surface area contributed by atoms with E-state index < -0.39 is 11.7 Å². The minimum atomic E-state index is -0.442. The third-order valence-electron chi connectivity index (χ3n) is 2.78. The average Bonchev–Trinajstić information content (AvgIpc) is 2.74. The highest BCUT2D eigenvalue weighted by Gasteiger charge is 2.15. The third-order valence-corrected chi connectivity index (χ3v) is 3.70. The average molecular weight is 273 g/mol. The van der Waals surface area contributed by atoms with Crippen LogP contribution in [0.15, 0.2) is 53.3 Å². The van der Waals surface area contributed by atoms with E-state index in [1.54, 1.807) is 18.2 Å². The van der Waals surface area contributed by atoms with Crippen molar-refractivity contribution in [1.29, 1.82) is 0 Å². The Morgan fingerprint density at radius 3 is 2.47 bits per heavy atom. The number of carbonyl (C=O) groups excluding carboxylic acids is 1. The molecule has 5 heteroatoms. The number of rotatable bonds is 1. The molecule has 0 atom stereocenters. The minimum absolute atomic E-state index is 0.284. The summed E-state index contributed by atoms with van der Waals surface area (Å²) in [6.45, 7) is 0. The van der Waals surface area contributed by atoms with Crippen LogP contribution in [0.4, 0.5) is 4.39 Å². The molecule has 0 radical (unpaired) electrons. The molecule has 0 spiro atoms. The van der Waals surface area contributed by atoms with Gasteiger partial charge in [-0.15, -0.1) is 0 Å². The lowest BCUT2D eigenvalue weighted by molar-refractivity contribution is 0.0962. The lowest BCUT2D eigenvalue weighted by atomic mass is 10.2.